The van der Waals surface area contributed by atoms with Gasteiger partial charge in [0.2, 0.25) is 0 Å². The van der Waals surface area contributed by atoms with Crippen LogP contribution in [0.2, 0.25) is 0 Å². The molecule has 1 aromatic heterocycles. The van der Waals surface area contributed by atoms with Gasteiger partial charge < -0.3 is 0 Å². The fourth-order valence-electron chi connectivity index (χ4n) is 0.740. The second kappa shape index (κ2) is 4.03. The summed E-state index contributed by atoms with van der Waals surface area (Å²) in [5.74, 6) is 0. The molecule has 0 amide bonds. The summed E-state index contributed by atoms with van der Waals surface area (Å²) in [4.78, 5) is 3.33. The van der Waals surface area contributed by atoms with Crippen molar-refractivity contribution in [2.75, 3.05) is 0 Å². The van der Waals surface area contributed by atoms with Crippen molar-refractivity contribution in [3.05, 3.63) is 21.4 Å². The zero-order valence-electron chi connectivity index (χ0n) is 6.62. The Morgan fingerprint density at radius 1 is 1.50 bits per heavy atom. The zero-order valence-corrected chi connectivity index (χ0v) is 9.59. The minimum absolute atomic E-state index is 0.122. The van der Waals surface area contributed by atoms with Crippen LogP contribution in [-0.2, 0) is 10.0 Å². The van der Waals surface area contributed by atoms with Crippen LogP contribution < -0.4 is 5.14 Å². The third kappa shape index (κ3) is 2.58. The highest BCUT2D eigenvalue weighted by molar-refractivity contribution is 14.1. The molecule has 8 heteroatoms. The van der Waals surface area contributed by atoms with Crippen molar-refractivity contribution in [1.82, 2.24) is 4.98 Å². The first-order valence-electron chi connectivity index (χ1n) is 3.29. The van der Waals surface area contributed by atoms with Crippen LogP contribution in [0.15, 0.2) is 17.3 Å². The number of hydrogen-bond donors (Lipinski definition) is 1. The number of sulfonamides is 1. The average Bonchev–Trinajstić information content (AvgIpc) is 2.01. The normalized spacial score (nSPS) is 12.1. The summed E-state index contributed by atoms with van der Waals surface area (Å²) in [6.45, 7) is 0. The first-order chi connectivity index (χ1) is 6.32. The molecule has 0 unspecified atom stereocenters. The second-order valence-corrected chi connectivity index (χ2v) is 5.06. The summed E-state index contributed by atoms with van der Waals surface area (Å²) in [7, 11) is -3.93. The number of nitrogens with zero attached hydrogens (tertiary/aromatic N) is 1. The fourth-order valence-corrected chi connectivity index (χ4v) is 2.10. The van der Waals surface area contributed by atoms with Gasteiger partial charge in [-0.2, -0.15) is 0 Å². The highest BCUT2D eigenvalue weighted by Gasteiger charge is 2.16. The number of nitrogens with two attached hydrogens (primary N) is 1. The molecule has 0 aliphatic rings. The summed E-state index contributed by atoms with van der Waals surface area (Å²) >= 11 is 1.60. The number of halogens is 3. The molecule has 1 heterocycles. The molecule has 14 heavy (non-hydrogen) atoms. The van der Waals surface area contributed by atoms with Crippen molar-refractivity contribution in [3.63, 3.8) is 0 Å². The zero-order chi connectivity index (χ0) is 10.9. The molecule has 0 saturated carbocycles. The Labute approximate surface area is 92.7 Å². The van der Waals surface area contributed by atoms with Crippen molar-refractivity contribution in [1.29, 1.82) is 0 Å². The quantitative estimate of drug-likeness (QED) is 0.828. The van der Waals surface area contributed by atoms with E-state index < -0.39 is 21.5 Å². The van der Waals surface area contributed by atoms with Crippen molar-refractivity contribution in [2.24, 2.45) is 5.14 Å². The molecule has 1 rings (SSSR count). The Morgan fingerprint density at radius 2 is 2.07 bits per heavy atom. The van der Waals surface area contributed by atoms with Crippen LogP contribution in [0.25, 0.3) is 0 Å². The van der Waals surface area contributed by atoms with Crippen molar-refractivity contribution in [3.8, 4) is 0 Å². The van der Waals surface area contributed by atoms with E-state index >= 15 is 0 Å². The van der Waals surface area contributed by atoms with Crippen LogP contribution in [-0.4, -0.2) is 13.4 Å². The number of pyridine rings is 1. The molecule has 0 spiro atoms. The highest BCUT2D eigenvalue weighted by atomic mass is 127. The van der Waals surface area contributed by atoms with Gasteiger partial charge in [-0.3, -0.25) is 0 Å². The van der Waals surface area contributed by atoms with E-state index in [0.29, 0.717) is 0 Å². The Hall–Kier alpha value is -0.350. The van der Waals surface area contributed by atoms with E-state index in [2.05, 4.69) is 4.98 Å². The van der Waals surface area contributed by atoms with E-state index in [1.807, 2.05) is 0 Å². The molecule has 0 aliphatic heterocycles. The number of rotatable bonds is 2. The van der Waals surface area contributed by atoms with E-state index in [1.165, 1.54) is 0 Å². The minimum atomic E-state index is -3.93. The van der Waals surface area contributed by atoms with E-state index in [1.54, 1.807) is 22.6 Å². The maximum absolute atomic E-state index is 12.2. The Balaban J connectivity index is 3.27. The number of aromatic nitrogens is 1. The Kier molecular flexibility index (Phi) is 3.37. The summed E-state index contributed by atoms with van der Waals surface area (Å²) in [6.07, 6.45) is -1.87. The van der Waals surface area contributed by atoms with Crippen LogP contribution in [0, 0.1) is 3.57 Å². The molecule has 0 saturated heterocycles. The van der Waals surface area contributed by atoms with Gasteiger partial charge in [0.25, 0.3) is 16.4 Å². The molecular formula is C6H5F2IN2O2S. The Morgan fingerprint density at radius 3 is 2.43 bits per heavy atom. The fraction of sp³-hybridized carbons (Fsp3) is 0.167. The molecule has 0 atom stereocenters. The Bertz CT molecular complexity index is 449. The predicted molar refractivity (Wildman–Crippen MR) is 53.3 cm³/mol. The smallest absolute Gasteiger partial charge is 0.243 e. The highest BCUT2D eigenvalue weighted by Crippen LogP contribution is 2.24. The van der Waals surface area contributed by atoms with Gasteiger partial charge in [-0.25, -0.2) is 27.3 Å². The average molecular weight is 334 g/mol. The van der Waals surface area contributed by atoms with Crippen molar-refractivity contribution >= 4 is 32.6 Å². The third-order valence-electron chi connectivity index (χ3n) is 1.38. The van der Waals surface area contributed by atoms with Gasteiger partial charge in [-0.15, -0.1) is 0 Å². The number of hydrogen-bond acceptors (Lipinski definition) is 3. The number of primary sulfonamides is 1. The van der Waals surface area contributed by atoms with Crippen LogP contribution in [0.5, 0.6) is 0 Å². The standard InChI is InChI=1S/C6H5F2IN2O2S/c7-6(8)3-2-11-5(1-4(3)9)14(10,12)13/h1-2,6H,(H2,10,12,13). The lowest BCUT2D eigenvalue weighted by atomic mass is 10.3. The van der Waals surface area contributed by atoms with Crippen molar-refractivity contribution < 1.29 is 17.2 Å². The van der Waals surface area contributed by atoms with Gasteiger partial charge in [0.05, 0.1) is 0 Å². The van der Waals surface area contributed by atoms with E-state index in [0.717, 1.165) is 12.3 Å². The SMILES string of the molecule is NS(=O)(=O)c1cc(I)c(C(F)F)cn1. The molecule has 0 aromatic carbocycles. The van der Waals surface area contributed by atoms with Gasteiger partial charge >= 0.3 is 0 Å². The monoisotopic (exact) mass is 334 g/mol. The molecular weight excluding hydrogens is 329 g/mol. The summed E-state index contributed by atoms with van der Waals surface area (Å²) < 4.78 is 46.2. The molecule has 78 valence electrons. The van der Waals surface area contributed by atoms with Gasteiger partial charge in [0, 0.05) is 15.3 Å². The van der Waals surface area contributed by atoms with Crippen LogP contribution in [0.4, 0.5) is 8.78 Å². The summed E-state index contributed by atoms with van der Waals surface area (Å²) in [5.41, 5.74) is -0.307. The molecule has 0 aliphatic carbocycles. The summed E-state index contributed by atoms with van der Waals surface area (Å²) in [6, 6.07) is 1.01. The van der Waals surface area contributed by atoms with E-state index in [4.69, 9.17) is 5.14 Å². The molecule has 2 N–H and O–H groups in total. The lowest BCUT2D eigenvalue weighted by Crippen LogP contribution is -2.14. The van der Waals surface area contributed by atoms with Gasteiger partial charge in [-0.05, 0) is 28.7 Å². The summed E-state index contributed by atoms with van der Waals surface area (Å²) in [5, 5.41) is 4.36. The predicted octanol–water partition coefficient (Wildman–Crippen LogP) is 1.27. The second-order valence-electron chi connectivity index (χ2n) is 2.39. The minimum Gasteiger partial charge on any atom is -0.243 e. The maximum Gasteiger partial charge on any atom is 0.266 e. The lowest BCUT2D eigenvalue weighted by molar-refractivity contribution is 0.150. The number of alkyl halides is 2. The van der Waals surface area contributed by atoms with Crippen LogP contribution in [0.1, 0.15) is 12.0 Å². The molecule has 0 fully saturated rings. The maximum atomic E-state index is 12.2. The molecule has 4 nitrogen and oxygen atoms in total. The van der Waals surface area contributed by atoms with Crippen LogP contribution >= 0.6 is 22.6 Å². The molecule has 0 radical (unpaired) electrons. The molecule has 0 bridgehead atoms. The largest absolute Gasteiger partial charge is 0.266 e. The van der Waals surface area contributed by atoms with Crippen LogP contribution in [0.3, 0.4) is 0 Å². The van der Waals surface area contributed by atoms with Gasteiger partial charge in [0.15, 0.2) is 5.03 Å². The lowest BCUT2D eigenvalue weighted by Gasteiger charge is -2.03. The first-order valence-corrected chi connectivity index (χ1v) is 5.91. The topological polar surface area (TPSA) is 73.1 Å². The third-order valence-corrected chi connectivity index (χ3v) is 3.12. The van der Waals surface area contributed by atoms with Crippen molar-refractivity contribution in [2.45, 2.75) is 11.5 Å². The van der Waals surface area contributed by atoms with Gasteiger partial charge in [-0.1, -0.05) is 0 Å². The van der Waals surface area contributed by atoms with E-state index in [9.17, 15) is 17.2 Å². The first kappa shape index (κ1) is 11.7. The molecule has 1 aromatic rings. The van der Waals surface area contributed by atoms with Gasteiger partial charge in [0.1, 0.15) is 0 Å². The van der Waals surface area contributed by atoms with E-state index in [-0.39, 0.29) is 9.13 Å².